The SMILES string of the molecule is Cc1ccc(C(F)(F)F)cc1S(=O)(=O)N1C[C@@H]2CCC[C@@]2(C(=O)O)C1. The fourth-order valence-electron chi connectivity index (χ4n) is 3.97. The van der Waals surface area contributed by atoms with Crippen LogP contribution in [0.25, 0.3) is 0 Å². The van der Waals surface area contributed by atoms with Crippen LogP contribution in [-0.2, 0) is 21.0 Å². The molecule has 9 heteroatoms. The van der Waals surface area contributed by atoms with Crippen LogP contribution in [0.15, 0.2) is 23.1 Å². The maximum absolute atomic E-state index is 12.9. The summed E-state index contributed by atoms with van der Waals surface area (Å²) in [5.41, 5.74) is -1.96. The van der Waals surface area contributed by atoms with Crippen LogP contribution in [0, 0.1) is 18.3 Å². The molecule has 0 radical (unpaired) electrons. The molecule has 138 valence electrons. The summed E-state index contributed by atoms with van der Waals surface area (Å²) in [5, 5.41) is 9.56. The summed E-state index contributed by atoms with van der Waals surface area (Å²) < 4.78 is 65.6. The molecule has 2 aliphatic rings. The van der Waals surface area contributed by atoms with Gasteiger partial charge in [-0.1, -0.05) is 12.5 Å². The van der Waals surface area contributed by atoms with Crippen LogP contribution < -0.4 is 0 Å². The van der Waals surface area contributed by atoms with E-state index in [0.717, 1.165) is 16.4 Å². The van der Waals surface area contributed by atoms with E-state index in [0.29, 0.717) is 25.3 Å². The Morgan fingerprint density at radius 3 is 2.60 bits per heavy atom. The number of rotatable bonds is 3. The minimum Gasteiger partial charge on any atom is -0.481 e. The minimum atomic E-state index is -4.65. The van der Waals surface area contributed by atoms with Gasteiger partial charge in [0.2, 0.25) is 10.0 Å². The number of fused-ring (bicyclic) bond motifs is 1. The van der Waals surface area contributed by atoms with E-state index in [1.165, 1.54) is 6.92 Å². The first-order chi connectivity index (χ1) is 11.5. The Hall–Kier alpha value is -1.61. The van der Waals surface area contributed by atoms with Gasteiger partial charge in [0.25, 0.3) is 0 Å². The molecule has 1 aliphatic heterocycles. The number of aliphatic carboxylic acids is 1. The smallest absolute Gasteiger partial charge is 0.416 e. The Labute approximate surface area is 143 Å². The van der Waals surface area contributed by atoms with Gasteiger partial charge in [-0.3, -0.25) is 4.79 Å². The van der Waals surface area contributed by atoms with Crippen LogP contribution in [0.4, 0.5) is 13.2 Å². The Morgan fingerprint density at radius 2 is 2.04 bits per heavy atom. The topological polar surface area (TPSA) is 74.7 Å². The van der Waals surface area contributed by atoms with Crippen LogP contribution in [-0.4, -0.2) is 36.9 Å². The van der Waals surface area contributed by atoms with E-state index in [1.54, 1.807) is 0 Å². The third-order valence-corrected chi connectivity index (χ3v) is 7.35. The fraction of sp³-hybridized carbons (Fsp3) is 0.562. The van der Waals surface area contributed by atoms with Gasteiger partial charge in [0.1, 0.15) is 0 Å². The highest BCUT2D eigenvalue weighted by Crippen LogP contribution is 2.50. The third-order valence-electron chi connectivity index (χ3n) is 5.40. The van der Waals surface area contributed by atoms with Crippen molar-refractivity contribution in [2.45, 2.75) is 37.3 Å². The lowest BCUT2D eigenvalue weighted by Gasteiger charge is -2.23. The van der Waals surface area contributed by atoms with Gasteiger partial charge < -0.3 is 5.11 Å². The van der Waals surface area contributed by atoms with Gasteiger partial charge in [0.15, 0.2) is 0 Å². The Balaban J connectivity index is 2.00. The predicted molar refractivity (Wildman–Crippen MR) is 82.3 cm³/mol. The summed E-state index contributed by atoms with van der Waals surface area (Å²) in [4.78, 5) is 11.3. The van der Waals surface area contributed by atoms with Gasteiger partial charge in [-0.2, -0.15) is 17.5 Å². The molecule has 0 unspecified atom stereocenters. The van der Waals surface area contributed by atoms with Crippen molar-refractivity contribution in [3.63, 3.8) is 0 Å². The Bertz CT molecular complexity index is 821. The molecule has 1 N–H and O–H groups in total. The lowest BCUT2D eigenvalue weighted by Crippen LogP contribution is -2.37. The molecule has 1 heterocycles. The van der Waals surface area contributed by atoms with E-state index in [-0.39, 0.29) is 24.6 Å². The van der Waals surface area contributed by atoms with E-state index in [9.17, 15) is 31.5 Å². The summed E-state index contributed by atoms with van der Waals surface area (Å²) in [6, 6.07) is 2.59. The molecule has 25 heavy (non-hydrogen) atoms. The first kappa shape index (κ1) is 18.2. The zero-order valence-electron chi connectivity index (χ0n) is 13.5. The van der Waals surface area contributed by atoms with Crippen molar-refractivity contribution in [3.8, 4) is 0 Å². The highest BCUT2D eigenvalue weighted by molar-refractivity contribution is 7.89. The molecule has 1 saturated heterocycles. The summed E-state index contributed by atoms with van der Waals surface area (Å²) in [6.45, 7) is 1.27. The molecule has 2 atom stereocenters. The monoisotopic (exact) mass is 377 g/mol. The molecular formula is C16H18F3NO4S. The van der Waals surface area contributed by atoms with E-state index in [4.69, 9.17) is 0 Å². The second-order valence-electron chi connectivity index (χ2n) is 6.83. The van der Waals surface area contributed by atoms with Crippen molar-refractivity contribution < 1.29 is 31.5 Å². The first-order valence-electron chi connectivity index (χ1n) is 7.90. The zero-order chi connectivity index (χ0) is 18.6. The van der Waals surface area contributed by atoms with Crippen molar-refractivity contribution in [2.75, 3.05) is 13.1 Å². The number of carboxylic acids is 1. The molecule has 1 aromatic rings. The number of aryl methyl sites for hydroxylation is 1. The molecule has 2 fully saturated rings. The molecule has 0 spiro atoms. The molecular weight excluding hydrogens is 359 g/mol. The number of nitrogens with zero attached hydrogens (tertiary/aromatic N) is 1. The lowest BCUT2D eigenvalue weighted by atomic mass is 9.81. The minimum absolute atomic E-state index is 0.0321. The standard InChI is InChI=1S/C16H18F3NO4S/c1-10-4-5-11(16(17,18)19)7-13(10)25(23,24)20-8-12-3-2-6-15(12,9-20)14(21)22/h4-5,7,12H,2-3,6,8-9H2,1H3,(H,21,22)/t12-,15+/m0/s1. The van der Waals surface area contributed by atoms with Gasteiger partial charge in [-0.05, 0) is 43.4 Å². The zero-order valence-corrected chi connectivity index (χ0v) is 14.3. The number of carboxylic acid groups (broad SMARTS) is 1. The quantitative estimate of drug-likeness (QED) is 0.879. The second kappa shape index (κ2) is 5.70. The molecule has 0 amide bonds. The Morgan fingerprint density at radius 1 is 1.36 bits per heavy atom. The van der Waals surface area contributed by atoms with E-state index in [2.05, 4.69) is 0 Å². The molecule has 3 rings (SSSR count). The van der Waals surface area contributed by atoms with Crippen LogP contribution in [0.3, 0.4) is 0 Å². The molecule has 0 aromatic heterocycles. The van der Waals surface area contributed by atoms with Crippen LogP contribution in [0.2, 0.25) is 0 Å². The lowest BCUT2D eigenvalue weighted by molar-refractivity contribution is -0.149. The highest BCUT2D eigenvalue weighted by Gasteiger charge is 2.57. The largest absolute Gasteiger partial charge is 0.481 e. The maximum atomic E-state index is 12.9. The summed E-state index contributed by atoms with van der Waals surface area (Å²) >= 11 is 0. The summed E-state index contributed by atoms with van der Waals surface area (Å²) in [6.07, 6.45) is -2.93. The molecule has 0 bridgehead atoms. The van der Waals surface area contributed by atoms with E-state index >= 15 is 0 Å². The molecule has 1 aromatic carbocycles. The molecule has 1 aliphatic carbocycles. The predicted octanol–water partition coefficient (Wildman–Crippen LogP) is 2.89. The fourth-order valence-corrected chi connectivity index (χ4v) is 5.77. The average Bonchev–Trinajstić information content (AvgIpc) is 3.04. The third kappa shape index (κ3) is 2.83. The van der Waals surface area contributed by atoms with Gasteiger partial charge in [0, 0.05) is 13.1 Å². The van der Waals surface area contributed by atoms with Gasteiger partial charge >= 0.3 is 12.1 Å². The summed E-state index contributed by atoms with van der Waals surface area (Å²) in [7, 11) is -4.20. The van der Waals surface area contributed by atoms with Crippen molar-refractivity contribution in [1.82, 2.24) is 4.31 Å². The van der Waals surface area contributed by atoms with Gasteiger partial charge in [-0.25, -0.2) is 8.42 Å². The number of hydrogen-bond acceptors (Lipinski definition) is 3. The molecule has 5 nitrogen and oxygen atoms in total. The highest BCUT2D eigenvalue weighted by atomic mass is 32.2. The van der Waals surface area contributed by atoms with Crippen molar-refractivity contribution in [2.24, 2.45) is 11.3 Å². The van der Waals surface area contributed by atoms with Crippen molar-refractivity contribution in [3.05, 3.63) is 29.3 Å². The van der Waals surface area contributed by atoms with Crippen molar-refractivity contribution >= 4 is 16.0 Å². The van der Waals surface area contributed by atoms with Crippen LogP contribution in [0.1, 0.15) is 30.4 Å². The van der Waals surface area contributed by atoms with E-state index < -0.39 is 38.0 Å². The number of hydrogen-bond donors (Lipinski definition) is 1. The number of alkyl halides is 3. The number of benzene rings is 1. The summed E-state index contributed by atoms with van der Waals surface area (Å²) in [5.74, 6) is -1.33. The van der Waals surface area contributed by atoms with E-state index in [1.807, 2.05) is 0 Å². The van der Waals surface area contributed by atoms with Gasteiger partial charge in [-0.15, -0.1) is 0 Å². The average molecular weight is 377 g/mol. The second-order valence-corrected chi connectivity index (χ2v) is 8.73. The van der Waals surface area contributed by atoms with Crippen molar-refractivity contribution in [1.29, 1.82) is 0 Å². The van der Waals surface area contributed by atoms with Crippen LogP contribution >= 0.6 is 0 Å². The number of carbonyl (C=O) groups is 1. The maximum Gasteiger partial charge on any atom is 0.416 e. The Kier molecular flexibility index (Phi) is 4.15. The first-order valence-corrected chi connectivity index (χ1v) is 9.34. The van der Waals surface area contributed by atoms with Crippen LogP contribution in [0.5, 0.6) is 0 Å². The van der Waals surface area contributed by atoms with Gasteiger partial charge in [0.05, 0.1) is 15.9 Å². The molecule has 1 saturated carbocycles. The normalized spacial score (nSPS) is 27.4. The number of sulfonamides is 1. The number of halogens is 3.